The molecule has 0 N–H and O–H groups in total. The summed E-state index contributed by atoms with van der Waals surface area (Å²) in [5.41, 5.74) is 0. The minimum Gasteiger partial charge on any atom is -0.263 e. The van der Waals surface area contributed by atoms with Crippen LogP contribution in [0.1, 0.15) is 40.5 Å². The van der Waals surface area contributed by atoms with Crippen molar-refractivity contribution in [3.05, 3.63) is 0 Å². The molecule has 0 heterocycles. The first-order valence-corrected chi connectivity index (χ1v) is 7.87. The Morgan fingerprint density at radius 2 is 1.21 bits per heavy atom. The third-order valence-electron chi connectivity index (χ3n) is 3.06. The highest BCUT2D eigenvalue weighted by Crippen LogP contribution is 2.24. The third kappa shape index (κ3) is 4.17. The fourth-order valence-corrected chi connectivity index (χ4v) is 4.26. The van der Waals surface area contributed by atoms with Gasteiger partial charge in [-0.25, -0.2) is 14.4 Å². The molecular formula is C11H18N4O3Si. The average molecular weight is 282 g/mol. The molecule has 0 aliphatic carbocycles. The van der Waals surface area contributed by atoms with Gasteiger partial charge < -0.3 is 0 Å². The van der Waals surface area contributed by atoms with E-state index in [1.165, 1.54) is 18.2 Å². The van der Waals surface area contributed by atoms with Gasteiger partial charge in [0.2, 0.25) is 18.2 Å². The first kappa shape index (κ1) is 17.3. The molecular weight excluding hydrogens is 264 g/mol. The van der Waals surface area contributed by atoms with Crippen LogP contribution in [0.5, 0.6) is 0 Å². The van der Waals surface area contributed by atoms with E-state index in [4.69, 9.17) is 0 Å². The van der Waals surface area contributed by atoms with Gasteiger partial charge in [-0.05, 0) is 26.7 Å². The largest absolute Gasteiger partial charge is 0.559 e. The Kier molecular flexibility index (Phi) is 7.68. The van der Waals surface area contributed by atoms with Crippen molar-refractivity contribution in [3.8, 4) is 0 Å². The molecule has 0 aliphatic rings. The van der Waals surface area contributed by atoms with Gasteiger partial charge >= 0.3 is 8.72 Å². The van der Waals surface area contributed by atoms with Gasteiger partial charge in [0, 0.05) is 12.1 Å². The van der Waals surface area contributed by atoms with Crippen molar-refractivity contribution in [2.75, 3.05) is 0 Å². The Balaban J connectivity index is 6.05. The van der Waals surface area contributed by atoms with Gasteiger partial charge in [0.1, 0.15) is 0 Å². The zero-order chi connectivity index (χ0) is 14.9. The summed E-state index contributed by atoms with van der Waals surface area (Å²) in [5, 5.41) is 0. The van der Waals surface area contributed by atoms with Gasteiger partial charge in [-0.1, -0.05) is 13.8 Å². The molecule has 7 nitrogen and oxygen atoms in total. The van der Waals surface area contributed by atoms with Gasteiger partial charge in [-0.15, -0.1) is 0 Å². The number of carbonyl (C=O) groups excluding carboxylic acids is 3. The molecule has 2 unspecified atom stereocenters. The monoisotopic (exact) mass is 282 g/mol. The van der Waals surface area contributed by atoms with Gasteiger partial charge in [-0.2, -0.15) is 14.0 Å². The molecule has 0 rings (SSSR count). The Morgan fingerprint density at radius 3 is 1.42 bits per heavy atom. The summed E-state index contributed by atoms with van der Waals surface area (Å²) in [7, 11) is -3.66. The van der Waals surface area contributed by atoms with E-state index in [1.807, 2.05) is 27.7 Å². The van der Waals surface area contributed by atoms with E-state index in [2.05, 4.69) is 14.0 Å². The number of hydrogen-bond donors (Lipinski definition) is 0. The van der Waals surface area contributed by atoms with Crippen LogP contribution < -0.4 is 0 Å². The lowest BCUT2D eigenvalue weighted by molar-refractivity contribution is 0.249. The minimum atomic E-state index is -3.66. The number of nitrogens with zero attached hydrogens (tertiary/aromatic N) is 4. The first-order chi connectivity index (χ1) is 9.02. The van der Waals surface area contributed by atoms with Crippen molar-refractivity contribution in [1.82, 2.24) is 4.57 Å². The summed E-state index contributed by atoms with van der Waals surface area (Å²) < 4.78 is 12.5. The maximum Gasteiger partial charge on any atom is 0.559 e. The lowest BCUT2D eigenvalue weighted by atomic mass is 10.2. The summed E-state index contributed by atoms with van der Waals surface area (Å²) >= 11 is 0. The number of rotatable bonds is 8. The molecule has 0 radical (unpaired) electrons. The van der Waals surface area contributed by atoms with Gasteiger partial charge in [-0.3, -0.25) is 4.57 Å². The zero-order valence-corrected chi connectivity index (χ0v) is 12.6. The summed E-state index contributed by atoms with van der Waals surface area (Å²) in [6, 6.07) is -0.0965. The molecule has 19 heavy (non-hydrogen) atoms. The highest BCUT2D eigenvalue weighted by Gasteiger charge is 2.48. The van der Waals surface area contributed by atoms with Crippen LogP contribution in [0.15, 0.2) is 14.0 Å². The van der Waals surface area contributed by atoms with Crippen LogP contribution in [-0.2, 0) is 14.4 Å². The predicted octanol–water partition coefficient (Wildman–Crippen LogP) is 1.33. The van der Waals surface area contributed by atoms with Crippen molar-refractivity contribution >= 4 is 27.0 Å². The fourth-order valence-electron chi connectivity index (χ4n) is 1.85. The molecule has 0 saturated heterocycles. The van der Waals surface area contributed by atoms with Gasteiger partial charge in [0.15, 0.2) is 0 Å². The van der Waals surface area contributed by atoms with E-state index in [1.54, 1.807) is 4.57 Å². The molecule has 8 heteroatoms. The second kappa shape index (κ2) is 8.42. The molecule has 0 saturated carbocycles. The van der Waals surface area contributed by atoms with Crippen LogP contribution in [0.25, 0.3) is 0 Å². The molecule has 0 bridgehead atoms. The van der Waals surface area contributed by atoms with E-state index in [0.29, 0.717) is 0 Å². The molecule has 0 amide bonds. The third-order valence-corrected chi connectivity index (χ3v) is 5.81. The van der Waals surface area contributed by atoms with E-state index in [0.717, 1.165) is 12.8 Å². The lowest BCUT2D eigenvalue weighted by Gasteiger charge is -2.37. The number of isocyanates is 3. The highest BCUT2D eigenvalue weighted by molar-refractivity contribution is 6.74. The van der Waals surface area contributed by atoms with Crippen LogP contribution >= 0.6 is 0 Å². The van der Waals surface area contributed by atoms with Crippen LogP contribution in [0, 0.1) is 0 Å². The standard InChI is InChI=1S/C11H18N4O3Si/c1-5-10(3)15(11(4)6-2)19(12-7-16,13-8-17)14-9-18/h10-11H,5-6H2,1-4H3. The summed E-state index contributed by atoms with van der Waals surface area (Å²) in [6.45, 7) is 7.68. The van der Waals surface area contributed by atoms with Crippen LogP contribution in [-0.4, -0.2) is 43.6 Å². The fraction of sp³-hybridized carbons (Fsp3) is 0.727. The molecule has 0 aromatic rings. The van der Waals surface area contributed by atoms with Gasteiger partial charge in [0.05, 0.1) is 0 Å². The normalized spacial score (nSPS) is 16.3. The van der Waals surface area contributed by atoms with Crippen LogP contribution in [0.2, 0.25) is 0 Å². The van der Waals surface area contributed by atoms with Crippen molar-refractivity contribution < 1.29 is 14.4 Å². The van der Waals surface area contributed by atoms with Crippen LogP contribution in [0.3, 0.4) is 0 Å². The van der Waals surface area contributed by atoms with E-state index < -0.39 is 8.72 Å². The quantitative estimate of drug-likeness (QED) is 0.381. The first-order valence-electron chi connectivity index (χ1n) is 6.08. The molecule has 0 fully saturated rings. The van der Waals surface area contributed by atoms with Crippen molar-refractivity contribution in [3.63, 3.8) is 0 Å². The smallest absolute Gasteiger partial charge is 0.263 e. The average Bonchev–Trinajstić information content (AvgIpc) is 2.39. The second-order valence-electron chi connectivity index (χ2n) is 4.13. The molecule has 2 atom stereocenters. The molecule has 0 spiro atoms. The Hall–Kier alpha value is -1.68. The Morgan fingerprint density at radius 1 is 0.895 bits per heavy atom. The van der Waals surface area contributed by atoms with E-state index in [-0.39, 0.29) is 12.1 Å². The minimum absolute atomic E-state index is 0.0482. The highest BCUT2D eigenvalue weighted by atomic mass is 28.4. The molecule has 0 aromatic carbocycles. The zero-order valence-electron chi connectivity index (χ0n) is 11.6. The number of hydrogen-bond acceptors (Lipinski definition) is 7. The maximum absolute atomic E-state index is 10.6. The van der Waals surface area contributed by atoms with Crippen LogP contribution in [0.4, 0.5) is 0 Å². The van der Waals surface area contributed by atoms with E-state index in [9.17, 15) is 14.4 Å². The maximum atomic E-state index is 10.6. The molecule has 104 valence electrons. The molecule has 0 aliphatic heterocycles. The van der Waals surface area contributed by atoms with Crippen molar-refractivity contribution in [2.24, 2.45) is 14.0 Å². The summed E-state index contributed by atoms with van der Waals surface area (Å²) in [5.74, 6) is 0. The van der Waals surface area contributed by atoms with Gasteiger partial charge in [0.25, 0.3) is 0 Å². The van der Waals surface area contributed by atoms with E-state index >= 15 is 0 Å². The Labute approximate surface area is 113 Å². The van der Waals surface area contributed by atoms with Crippen molar-refractivity contribution in [2.45, 2.75) is 52.6 Å². The summed E-state index contributed by atoms with van der Waals surface area (Å²) in [6.07, 6.45) is 5.56. The Bertz CT molecular complexity index is 382. The molecule has 0 aromatic heterocycles. The van der Waals surface area contributed by atoms with Crippen molar-refractivity contribution in [1.29, 1.82) is 0 Å². The topological polar surface area (TPSA) is 91.5 Å². The second-order valence-corrected chi connectivity index (χ2v) is 6.52. The lowest BCUT2D eigenvalue weighted by Crippen LogP contribution is -2.58. The predicted molar refractivity (Wildman–Crippen MR) is 71.5 cm³/mol. The summed E-state index contributed by atoms with van der Waals surface area (Å²) in [4.78, 5) is 31.9. The SMILES string of the molecule is CCC(C)N(C(C)CC)[Si](N=C=O)(N=C=O)N=C=O.